The molecule has 3 nitrogen and oxygen atoms in total. The summed E-state index contributed by atoms with van der Waals surface area (Å²) in [5, 5.41) is 2.22. The summed E-state index contributed by atoms with van der Waals surface area (Å²) in [6.07, 6.45) is -5.58. The molecule has 24 heavy (non-hydrogen) atoms. The third-order valence-electron chi connectivity index (χ3n) is 3.99. The van der Waals surface area contributed by atoms with Gasteiger partial charge in [-0.05, 0) is 37.1 Å². The van der Waals surface area contributed by atoms with Crippen molar-refractivity contribution in [3.8, 4) is 0 Å². The van der Waals surface area contributed by atoms with Crippen LogP contribution in [0.25, 0.3) is 0 Å². The second-order valence-electron chi connectivity index (χ2n) is 5.91. The van der Waals surface area contributed by atoms with E-state index in [0.717, 1.165) is 30.7 Å². The first-order valence-electron chi connectivity index (χ1n) is 7.70. The van der Waals surface area contributed by atoms with Crippen LogP contribution in [0.1, 0.15) is 24.0 Å². The van der Waals surface area contributed by atoms with Gasteiger partial charge in [0.25, 0.3) is 6.43 Å². The largest absolute Gasteiger partial charge is 0.416 e. The maximum atomic E-state index is 12.5. The van der Waals surface area contributed by atoms with Gasteiger partial charge in [-0.1, -0.05) is 12.1 Å². The number of carbonyl (C=O) groups excluding carboxylic acids is 1. The molecule has 0 spiro atoms. The third kappa shape index (κ3) is 5.43. The van der Waals surface area contributed by atoms with E-state index >= 15 is 0 Å². The summed E-state index contributed by atoms with van der Waals surface area (Å²) in [7, 11) is 0. The van der Waals surface area contributed by atoms with Crippen LogP contribution >= 0.6 is 0 Å². The highest BCUT2D eigenvalue weighted by Crippen LogP contribution is 2.29. The van der Waals surface area contributed by atoms with E-state index in [2.05, 4.69) is 5.32 Å². The van der Waals surface area contributed by atoms with Gasteiger partial charge >= 0.3 is 6.18 Å². The predicted octanol–water partition coefficient (Wildman–Crippen LogP) is 3.30. The first-order valence-corrected chi connectivity index (χ1v) is 7.70. The van der Waals surface area contributed by atoms with Crippen LogP contribution < -0.4 is 5.32 Å². The monoisotopic (exact) mass is 350 g/mol. The highest BCUT2D eigenvalue weighted by atomic mass is 19.4. The number of alkyl halides is 5. The molecule has 1 N–H and O–H groups in total. The van der Waals surface area contributed by atoms with Gasteiger partial charge in [0.05, 0.1) is 18.0 Å². The van der Waals surface area contributed by atoms with E-state index in [9.17, 15) is 26.7 Å². The van der Waals surface area contributed by atoms with Gasteiger partial charge in [0.2, 0.25) is 5.91 Å². The molecular formula is C16H19F5N2O. The Morgan fingerprint density at radius 3 is 2.50 bits per heavy atom. The van der Waals surface area contributed by atoms with Gasteiger partial charge < -0.3 is 5.32 Å². The number of nitrogens with one attached hydrogen (secondary N) is 1. The molecule has 1 aromatic carbocycles. The highest BCUT2D eigenvalue weighted by Gasteiger charge is 2.30. The Kier molecular flexibility index (Phi) is 6.15. The minimum Gasteiger partial charge on any atom is -0.350 e. The van der Waals surface area contributed by atoms with Crippen LogP contribution in [0.5, 0.6) is 0 Å². The number of halogens is 5. The number of piperidine rings is 1. The Morgan fingerprint density at radius 2 is 1.92 bits per heavy atom. The summed E-state index contributed by atoms with van der Waals surface area (Å²) < 4.78 is 61.9. The average Bonchev–Trinajstić information content (AvgIpc) is 2.52. The second-order valence-corrected chi connectivity index (χ2v) is 5.91. The van der Waals surface area contributed by atoms with Gasteiger partial charge in [-0.15, -0.1) is 0 Å². The van der Waals surface area contributed by atoms with E-state index in [-0.39, 0.29) is 5.92 Å². The Hall–Kier alpha value is -1.70. The lowest BCUT2D eigenvalue weighted by atomic mass is 9.96. The zero-order valence-corrected chi connectivity index (χ0v) is 13.0. The number of hydrogen-bond acceptors (Lipinski definition) is 2. The van der Waals surface area contributed by atoms with E-state index in [4.69, 9.17) is 0 Å². The zero-order chi connectivity index (χ0) is 17.7. The topological polar surface area (TPSA) is 32.3 Å². The third-order valence-corrected chi connectivity index (χ3v) is 3.99. The molecule has 0 aliphatic carbocycles. The van der Waals surface area contributed by atoms with Gasteiger partial charge in [0, 0.05) is 13.1 Å². The molecule has 0 radical (unpaired) electrons. The minimum atomic E-state index is -4.36. The van der Waals surface area contributed by atoms with Crippen LogP contribution in [0.2, 0.25) is 0 Å². The maximum absolute atomic E-state index is 12.5. The van der Waals surface area contributed by atoms with Gasteiger partial charge in [-0.3, -0.25) is 9.69 Å². The summed E-state index contributed by atoms with van der Waals surface area (Å²) in [6.45, 7) is 0.904. The first-order chi connectivity index (χ1) is 11.3. The van der Waals surface area contributed by atoms with Crippen molar-refractivity contribution in [2.75, 3.05) is 19.6 Å². The molecule has 1 atom stereocenters. The van der Waals surface area contributed by atoms with E-state index in [1.165, 1.54) is 12.1 Å². The van der Waals surface area contributed by atoms with Gasteiger partial charge in [-0.25, -0.2) is 8.78 Å². The van der Waals surface area contributed by atoms with Crippen molar-refractivity contribution in [2.45, 2.75) is 32.0 Å². The number of benzene rings is 1. The number of hydrogen-bond donors (Lipinski definition) is 1. The van der Waals surface area contributed by atoms with Gasteiger partial charge in [0.15, 0.2) is 0 Å². The number of rotatable bonds is 5. The molecule has 0 aromatic heterocycles. The molecule has 8 heteroatoms. The quantitative estimate of drug-likeness (QED) is 0.827. The standard InChI is InChI=1S/C16H19F5N2O/c17-14(18)8-22-15(24)12-2-1-7-23(10-12)9-11-3-5-13(6-4-11)16(19,20)21/h3-6,12,14H,1-2,7-10H2,(H,22,24). The Labute approximate surface area is 136 Å². The zero-order valence-electron chi connectivity index (χ0n) is 13.0. The average molecular weight is 350 g/mol. The fourth-order valence-electron chi connectivity index (χ4n) is 2.79. The normalized spacial score (nSPS) is 19.5. The van der Waals surface area contributed by atoms with Crippen molar-refractivity contribution in [1.29, 1.82) is 0 Å². The predicted molar refractivity (Wildman–Crippen MR) is 78.5 cm³/mol. The second kappa shape index (κ2) is 7.92. The van der Waals surface area contributed by atoms with Crippen LogP contribution in [0.4, 0.5) is 22.0 Å². The molecule has 1 amide bonds. The molecule has 1 aliphatic heterocycles. The van der Waals surface area contributed by atoms with Crippen LogP contribution in [-0.2, 0) is 17.5 Å². The van der Waals surface area contributed by atoms with E-state index in [0.29, 0.717) is 19.5 Å². The van der Waals surface area contributed by atoms with E-state index < -0.39 is 30.6 Å². The lowest BCUT2D eigenvalue weighted by Gasteiger charge is -2.32. The van der Waals surface area contributed by atoms with Crippen molar-refractivity contribution in [3.05, 3.63) is 35.4 Å². The van der Waals surface area contributed by atoms with E-state index in [1.54, 1.807) is 0 Å². The molecule has 134 valence electrons. The first kappa shape index (κ1) is 18.6. The number of likely N-dealkylation sites (tertiary alicyclic amines) is 1. The van der Waals surface area contributed by atoms with Crippen molar-refractivity contribution in [2.24, 2.45) is 5.92 Å². The van der Waals surface area contributed by atoms with Crippen LogP contribution in [0.15, 0.2) is 24.3 Å². The lowest BCUT2D eigenvalue weighted by molar-refractivity contribution is -0.137. The Morgan fingerprint density at radius 1 is 1.25 bits per heavy atom. The number of carbonyl (C=O) groups is 1. The summed E-state index contributed by atoms with van der Waals surface area (Å²) in [6, 6.07) is 4.91. The van der Waals surface area contributed by atoms with Crippen molar-refractivity contribution in [1.82, 2.24) is 10.2 Å². The molecule has 1 fully saturated rings. The molecule has 1 aliphatic rings. The van der Waals surface area contributed by atoms with Gasteiger partial charge in [0.1, 0.15) is 0 Å². The minimum absolute atomic E-state index is 0.369. The SMILES string of the molecule is O=C(NCC(F)F)C1CCCN(Cc2ccc(C(F)(F)F)cc2)C1. The summed E-state index contributed by atoms with van der Waals surface area (Å²) in [4.78, 5) is 13.8. The molecule has 1 unspecified atom stereocenters. The highest BCUT2D eigenvalue weighted by molar-refractivity contribution is 5.78. The summed E-state index contributed by atoms with van der Waals surface area (Å²) in [5.74, 6) is -0.764. The molecule has 1 aromatic rings. The van der Waals surface area contributed by atoms with Gasteiger partial charge in [-0.2, -0.15) is 13.2 Å². The van der Waals surface area contributed by atoms with Crippen molar-refractivity contribution >= 4 is 5.91 Å². The molecule has 0 saturated carbocycles. The molecular weight excluding hydrogens is 331 g/mol. The smallest absolute Gasteiger partial charge is 0.350 e. The van der Waals surface area contributed by atoms with Crippen molar-refractivity contribution in [3.63, 3.8) is 0 Å². The van der Waals surface area contributed by atoms with Crippen molar-refractivity contribution < 1.29 is 26.7 Å². The maximum Gasteiger partial charge on any atom is 0.416 e. The lowest BCUT2D eigenvalue weighted by Crippen LogP contribution is -2.43. The molecule has 1 heterocycles. The fourth-order valence-corrected chi connectivity index (χ4v) is 2.79. The van der Waals surface area contributed by atoms with E-state index in [1.807, 2.05) is 4.90 Å². The van der Waals surface area contributed by atoms with Crippen LogP contribution in [0, 0.1) is 5.92 Å². The summed E-state index contributed by atoms with van der Waals surface area (Å²) in [5.41, 5.74) is 0.0192. The fraction of sp³-hybridized carbons (Fsp3) is 0.562. The Balaban J connectivity index is 1.89. The number of nitrogens with zero attached hydrogens (tertiary/aromatic N) is 1. The summed E-state index contributed by atoms with van der Waals surface area (Å²) >= 11 is 0. The van der Waals surface area contributed by atoms with Crippen LogP contribution in [0.3, 0.4) is 0 Å². The molecule has 0 bridgehead atoms. The molecule has 1 saturated heterocycles. The Bertz CT molecular complexity index is 544. The van der Waals surface area contributed by atoms with Crippen LogP contribution in [-0.4, -0.2) is 36.9 Å². The molecule has 2 rings (SSSR count). The number of amides is 1.